The number of benzene rings is 2. The van der Waals surface area contributed by atoms with Crippen molar-refractivity contribution >= 4 is 40.3 Å². The van der Waals surface area contributed by atoms with Gasteiger partial charge in [-0.3, -0.25) is 29.1 Å². The number of nitrogens with one attached hydrogen (secondary N) is 2. The van der Waals surface area contributed by atoms with E-state index in [1.165, 1.54) is 16.7 Å². The Morgan fingerprint density at radius 1 is 1.09 bits per heavy atom. The number of rotatable bonds is 10. The van der Waals surface area contributed by atoms with Crippen LogP contribution in [0.25, 0.3) is 11.1 Å². The summed E-state index contributed by atoms with van der Waals surface area (Å²) in [5.41, 5.74) is 0.131. The highest BCUT2D eigenvalue weighted by Gasteiger charge is 2.15. The minimum Gasteiger partial charge on any atom is -0.456 e. The Morgan fingerprint density at radius 2 is 1.86 bits per heavy atom. The average molecular weight is 492 g/mol. The summed E-state index contributed by atoms with van der Waals surface area (Å²) in [6, 6.07) is 6.46. The van der Waals surface area contributed by atoms with Crippen LogP contribution in [-0.2, 0) is 25.7 Å². The first kappa shape index (κ1) is 25.0. The standard InChI is InChI=1S/C21H18F2N4O8/c22-14-5-3-12(8-15(14)23)25-18(28)10-24-19(29)11-34-20(30)2-1-7-26-16-6-4-13(27(32)33)9-17(16)35-21(26)31/h3-6,8-9H,1-2,7,10-11H2,(H,24,29)(H,25,28). The number of carbonyl (C=O) groups is 3. The van der Waals surface area contributed by atoms with E-state index < -0.39 is 53.2 Å². The lowest BCUT2D eigenvalue weighted by molar-refractivity contribution is -0.384. The number of aromatic nitrogens is 1. The molecule has 3 rings (SSSR count). The van der Waals surface area contributed by atoms with Crippen LogP contribution in [0.3, 0.4) is 0 Å². The van der Waals surface area contributed by atoms with Gasteiger partial charge in [0.25, 0.3) is 11.6 Å². The van der Waals surface area contributed by atoms with Crippen LogP contribution in [0.5, 0.6) is 0 Å². The summed E-state index contributed by atoms with van der Waals surface area (Å²) in [4.78, 5) is 57.5. The molecule has 35 heavy (non-hydrogen) atoms. The number of nitrogens with zero attached hydrogens (tertiary/aromatic N) is 2. The van der Waals surface area contributed by atoms with E-state index in [9.17, 15) is 38.1 Å². The Hall–Kier alpha value is -4.62. The summed E-state index contributed by atoms with van der Waals surface area (Å²) >= 11 is 0. The molecule has 0 bridgehead atoms. The zero-order chi connectivity index (χ0) is 25.5. The van der Waals surface area contributed by atoms with Crippen molar-refractivity contribution in [3.63, 3.8) is 0 Å². The number of hydrogen-bond acceptors (Lipinski definition) is 8. The first-order chi connectivity index (χ1) is 16.6. The van der Waals surface area contributed by atoms with Crippen molar-refractivity contribution in [2.24, 2.45) is 0 Å². The Balaban J connectivity index is 1.38. The highest BCUT2D eigenvalue weighted by Crippen LogP contribution is 2.20. The number of fused-ring (bicyclic) bond motifs is 1. The molecule has 0 fully saturated rings. The van der Waals surface area contributed by atoms with Crippen LogP contribution in [0.2, 0.25) is 0 Å². The van der Waals surface area contributed by atoms with Crippen LogP contribution in [-0.4, -0.2) is 40.4 Å². The van der Waals surface area contributed by atoms with Crippen molar-refractivity contribution in [1.82, 2.24) is 9.88 Å². The SMILES string of the molecule is O=C(COC(=O)CCCn1c(=O)oc2cc([N+](=O)[O-])ccc21)NCC(=O)Nc1ccc(F)c(F)c1. The average Bonchev–Trinajstić information content (AvgIpc) is 3.13. The number of oxazole rings is 1. The first-order valence-corrected chi connectivity index (χ1v) is 10.1. The van der Waals surface area contributed by atoms with Crippen molar-refractivity contribution in [3.05, 3.63) is 68.7 Å². The highest BCUT2D eigenvalue weighted by molar-refractivity contribution is 5.94. The van der Waals surface area contributed by atoms with Gasteiger partial charge in [-0.05, 0) is 24.6 Å². The topological polar surface area (TPSA) is 163 Å². The van der Waals surface area contributed by atoms with Gasteiger partial charge in [-0.1, -0.05) is 0 Å². The lowest BCUT2D eigenvalue weighted by atomic mass is 10.2. The molecule has 0 unspecified atom stereocenters. The molecule has 2 N–H and O–H groups in total. The monoisotopic (exact) mass is 492 g/mol. The second-order valence-corrected chi connectivity index (χ2v) is 7.15. The summed E-state index contributed by atoms with van der Waals surface area (Å²) in [6.45, 7) is -1.09. The number of ether oxygens (including phenoxy) is 1. The minimum atomic E-state index is -1.14. The molecule has 2 aromatic carbocycles. The zero-order valence-electron chi connectivity index (χ0n) is 17.9. The third-order valence-electron chi connectivity index (χ3n) is 4.64. The number of hydrogen-bond donors (Lipinski definition) is 2. The van der Waals surface area contributed by atoms with E-state index >= 15 is 0 Å². The molecular formula is C21H18F2N4O8. The molecule has 0 saturated carbocycles. The number of nitro benzene ring substituents is 1. The van der Waals surface area contributed by atoms with Gasteiger partial charge in [0.05, 0.1) is 23.1 Å². The summed E-state index contributed by atoms with van der Waals surface area (Å²) in [5.74, 6) is -5.17. The number of amides is 2. The van der Waals surface area contributed by atoms with Gasteiger partial charge in [0.2, 0.25) is 5.91 Å². The van der Waals surface area contributed by atoms with Gasteiger partial charge >= 0.3 is 11.7 Å². The zero-order valence-corrected chi connectivity index (χ0v) is 17.9. The van der Waals surface area contributed by atoms with E-state index in [-0.39, 0.29) is 36.3 Å². The highest BCUT2D eigenvalue weighted by atomic mass is 19.2. The van der Waals surface area contributed by atoms with Crippen LogP contribution in [0, 0.1) is 21.7 Å². The maximum absolute atomic E-state index is 13.1. The molecule has 1 heterocycles. The fourth-order valence-electron chi connectivity index (χ4n) is 2.99. The Kier molecular flexibility index (Phi) is 7.86. The summed E-state index contributed by atoms with van der Waals surface area (Å²) in [5, 5.41) is 15.3. The number of esters is 1. The van der Waals surface area contributed by atoms with Gasteiger partial charge < -0.3 is 19.8 Å². The van der Waals surface area contributed by atoms with Crippen molar-refractivity contribution < 1.29 is 37.2 Å². The molecule has 12 nitrogen and oxygen atoms in total. The van der Waals surface area contributed by atoms with Gasteiger partial charge in [-0.2, -0.15) is 0 Å². The lowest BCUT2D eigenvalue weighted by Crippen LogP contribution is -2.35. The molecule has 0 saturated heterocycles. The molecule has 3 aromatic rings. The number of anilines is 1. The van der Waals surface area contributed by atoms with Crippen LogP contribution in [0.4, 0.5) is 20.2 Å². The third-order valence-corrected chi connectivity index (χ3v) is 4.64. The van der Waals surface area contributed by atoms with E-state index in [1.807, 2.05) is 0 Å². The number of non-ortho nitro benzene ring substituents is 1. The van der Waals surface area contributed by atoms with Crippen molar-refractivity contribution in [2.75, 3.05) is 18.5 Å². The van der Waals surface area contributed by atoms with Crippen LogP contribution in [0.15, 0.2) is 45.6 Å². The Morgan fingerprint density at radius 3 is 2.57 bits per heavy atom. The molecule has 2 amide bonds. The molecule has 184 valence electrons. The van der Waals surface area contributed by atoms with E-state index in [2.05, 4.69) is 10.6 Å². The molecule has 1 aromatic heterocycles. The van der Waals surface area contributed by atoms with Crippen molar-refractivity contribution in [1.29, 1.82) is 0 Å². The first-order valence-electron chi connectivity index (χ1n) is 10.1. The van der Waals surface area contributed by atoms with E-state index in [0.29, 0.717) is 5.52 Å². The molecule has 0 aliphatic carbocycles. The quantitative estimate of drug-likeness (QED) is 0.246. The fourth-order valence-corrected chi connectivity index (χ4v) is 2.99. The smallest absolute Gasteiger partial charge is 0.419 e. The number of halogens is 2. The van der Waals surface area contributed by atoms with Gasteiger partial charge in [0.1, 0.15) is 0 Å². The second kappa shape index (κ2) is 11.0. The van der Waals surface area contributed by atoms with Crippen molar-refractivity contribution in [2.45, 2.75) is 19.4 Å². The van der Waals surface area contributed by atoms with Crippen LogP contribution < -0.4 is 16.4 Å². The second-order valence-electron chi connectivity index (χ2n) is 7.15. The van der Waals surface area contributed by atoms with Gasteiger partial charge in [-0.15, -0.1) is 0 Å². The van der Waals surface area contributed by atoms with E-state index in [1.54, 1.807) is 0 Å². The molecule has 14 heteroatoms. The van der Waals surface area contributed by atoms with Crippen LogP contribution >= 0.6 is 0 Å². The van der Waals surface area contributed by atoms with E-state index in [4.69, 9.17) is 9.15 Å². The number of aryl methyl sites for hydroxylation is 1. The lowest BCUT2D eigenvalue weighted by Gasteiger charge is -2.08. The van der Waals surface area contributed by atoms with Crippen LogP contribution in [0.1, 0.15) is 12.8 Å². The van der Waals surface area contributed by atoms with Gasteiger partial charge in [-0.25, -0.2) is 13.6 Å². The Bertz CT molecular complexity index is 1350. The fraction of sp³-hybridized carbons (Fsp3) is 0.238. The Labute approximate surface area is 194 Å². The van der Waals surface area contributed by atoms with Gasteiger partial charge in [0.15, 0.2) is 23.8 Å². The molecule has 0 aliphatic heterocycles. The largest absolute Gasteiger partial charge is 0.456 e. The molecule has 0 aliphatic rings. The molecular weight excluding hydrogens is 474 g/mol. The predicted octanol–water partition coefficient (Wildman–Crippen LogP) is 1.86. The molecule has 0 atom stereocenters. The maximum Gasteiger partial charge on any atom is 0.419 e. The number of carbonyl (C=O) groups excluding carboxylic acids is 3. The van der Waals surface area contributed by atoms with Crippen molar-refractivity contribution in [3.8, 4) is 0 Å². The summed E-state index contributed by atoms with van der Waals surface area (Å²) < 4.78 is 37.0. The predicted molar refractivity (Wildman–Crippen MR) is 115 cm³/mol. The summed E-state index contributed by atoms with van der Waals surface area (Å²) in [6.07, 6.45) is 0.0125. The van der Waals surface area contributed by atoms with Gasteiger partial charge in [0, 0.05) is 30.8 Å². The third kappa shape index (κ3) is 6.69. The molecule has 0 spiro atoms. The maximum atomic E-state index is 13.1. The summed E-state index contributed by atoms with van der Waals surface area (Å²) in [7, 11) is 0. The molecule has 0 radical (unpaired) electrons. The normalized spacial score (nSPS) is 10.7. The minimum absolute atomic E-state index is 0.00249. The number of nitro groups is 1. The van der Waals surface area contributed by atoms with E-state index in [0.717, 1.165) is 24.3 Å².